The number of hydrogen-bond donors (Lipinski definition) is 2. The van der Waals surface area contributed by atoms with Crippen molar-refractivity contribution in [3.63, 3.8) is 0 Å². The molecule has 3 heterocycles. The van der Waals surface area contributed by atoms with Crippen LogP contribution in [0.3, 0.4) is 0 Å². The molecule has 1 fully saturated rings. The Hall–Kier alpha value is -2.82. The summed E-state index contributed by atoms with van der Waals surface area (Å²) in [5.41, 5.74) is -0.890. The molecule has 0 saturated carbocycles. The molecule has 2 N–H and O–H groups in total. The number of aliphatic hydroxyl groups excluding tert-OH is 1. The maximum Gasteiger partial charge on any atom is 0.342 e. The number of rotatable bonds is 8. The molecule has 10 nitrogen and oxygen atoms in total. The number of aliphatic hydroxyl groups is 2. The topological polar surface area (TPSA) is 124 Å². The van der Waals surface area contributed by atoms with Crippen LogP contribution in [0.15, 0.2) is 24.0 Å². The standard InChI is InChI=1S/C28H37NO9/c1-16(2)6-9-28(33,24(30)25(31)35-4)26(32)38-23-21(34-3)14-27-8-5-10-29(27)11-7-17-12-19-20(37-15-36-19)13-18(17)22(23)27/h12-14,16,22-24,30,33H,5-11,15H2,1-4H3/t22-,23-,24-,27-,28-/m0/s1. The molecule has 38 heavy (non-hydrogen) atoms. The highest BCUT2D eigenvalue weighted by atomic mass is 16.7. The highest BCUT2D eigenvalue weighted by Gasteiger charge is 2.59. The molecule has 1 saturated heterocycles. The van der Waals surface area contributed by atoms with E-state index < -0.39 is 35.3 Å². The van der Waals surface area contributed by atoms with E-state index >= 15 is 0 Å². The molecule has 0 radical (unpaired) electrons. The van der Waals surface area contributed by atoms with Gasteiger partial charge >= 0.3 is 11.9 Å². The number of carbonyl (C=O) groups is 2. The van der Waals surface area contributed by atoms with Gasteiger partial charge in [0.1, 0.15) is 5.76 Å². The highest BCUT2D eigenvalue weighted by Crippen LogP contribution is 2.55. The van der Waals surface area contributed by atoms with Crippen LogP contribution < -0.4 is 9.47 Å². The smallest absolute Gasteiger partial charge is 0.342 e. The van der Waals surface area contributed by atoms with Crippen LogP contribution in [0.1, 0.15) is 56.6 Å². The van der Waals surface area contributed by atoms with E-state index in [2.05, 4.69) is 9.64 Å². The van der Waals surface area contributed by atoms with Crippen LogP contribution in [0.2, 0.25) is 0 Å². The van der Waals surface area contributed by atoms with Gasteiger partial charge in [0, 0.05) is 6.54 Å². The number of nitrogens with zero attached hydrogens (tertiary/aromatic N) is 1. The van der Waals surface area contributed by atoms with E-state index in [4.69, 9.17) is 18.9 Å². The zero-order valence-electron chi connectivity index (χ0n) is 22.4. The number of fused-ring (bicyclic) bond motifs is 3. The first-order valence-corrected chi connectivity index (χ1v) is 13.3. The number of methoxy groups -OCH3 is 2. The van der Waals surface area contributed by atoms with E-state index in [-0.39, 0.29) is 25.0 Å². The summed E-state index contributed by atoms with van der Waals surface area (Å²) in [7, 11) is 2.62. The van der Waals surface area contributed by atoms with Crippen molar-refractivity contribution in [2.75, 3.05) is 34.1 Å². The van der Waals surface area contributed by atoms with E-state index in [0.29, 0.717) is 23.7 Å². The molecule has 1 aromatic carbocycles. The molecule has 4 aliphatic rings. The summed E-state index contributed by atoms with van der Waals surface area (Å²) >= 11 is 0. The van der Waals surface area contributed by atoms with Crippen LogP contribution in [0.25, 0.3) is 0 Å². The summed E-state index contributed by atoms with van der Waals surface area (Å²) < 4.78 is 27.8. The Bertz CT molecular complexity index is 1130. The van der Waals surface area contributed by atoms with E-state index in [0.717, 1.165) is 50.6 Å². The van der Waals surface area contributed by atoms with Crippen LogP contribution in [-0.4, -0.2) is 84.5 Å². The van der Waals surface area contributed by atoms with E-state index in [1.165, 1.54) is 7.11 Å². The molecule has 1 aromatic rings. The molecule has 1 aliphatic carbocycles. The first-order valence-electron chi connectivity index (χ1n) is 13.3. The average Bonchev–Trinajstić information content (AvgIpc) is 3.59. The lowest BCUT2D eigenvalue weighted by atomic mass is 9.77. The van der Waals surface area contributed by atoms with Crippen LogP contribution >= 0.6 is 0 Å². The largest absolute Gasteiger partial charge is 0.497 e. The van der Waals surface area contributed by atoms with Gasteiger partial charge in [-0.15, -0.1) is 0 Å². The molecule has 5 atom stereocenters. The Morgan fingerprint density at radius 3 is 2.63 bits per heavy atom. The Labute approximate surface area is 222 Å². The van der Waals surface area contributed by atoms with Crippen molar-refractivity contribution in [1.29, 1.82) is 0 Å². The Kier molecular flexibility index (Phi) is 7.08. The van der Waals surface area contributed by atoms with Gasteiger partial charge in [-0.05, 0) is 73.9 Å². The van der Waals surface area contributed by atoms with Gasteiger partial charge in [0.2, 0.25) is 6.79 Å². The quantitative estimate of drug-likeness (QED) is 0.482. The monoisotopic (exact) mass is 531 g/mol. The fraction of sp³-hybridized carbons (Fsp3) is 0.643. The minimum absolute atomic E-state index is 0.105. The summed E-state index contributed by atoms with van der Waals surface area (Å²) in [6.07, 6.45) is 1.88. The van der Waals surface area contributed by atoms with Gasteiger partial charge in [0.25, 0.3) is 0 Å². The third kappa shape index (κ3) is 4.23. The Morgan fingerprint density at radius 2 is 1.95 bits per heavy atom. The van der Waals surface area contributed by atoms with Gasteiger partial charge in [-0.3, -0.25) is 4.90 Å². The van der Waals surface area contributed by atoms with Gasteiger partial charge in [-0.25, -0.2) is 9.59 Å². The summed E-state index contributed by atoms with van der Waals surface area (Å²) in [4.78, 5) is 28.4. The van der Waals surface area contributed by atoms with Gasteiger partial charge in [0.15, 0.2) is 29.3 Å². The minimum Gasteiger partial charge on any atom is -0.497 e. The molecular formula is C28H37NO9. The molecule has 1 spiro atoms. The number of carbonyl (C=O) groups excluding carboxylic acids is 2. The highest BCUT2D eigenvalue weighted by molar-refractivity contribution is 5.89. The van der Waals surface area contributed by atoms with Crippen molar-refractivity contribution in [2.45, 2.75) is 75.2 Å². The number of esters is 2. The summed E-state index contributed by atoms with van der Waals surface area (Å²) in [5.74, 6) is -0.634. The number of benzene rings is 1. The molecule has 5 rings (SSSR count). The van der Waals surface area contributed by atoms with Gasteiger partial charge < -0.3 is 33.9 Å². The van der Waals surface area contributed by atoms with E-state index in [1.807, 2.05) is 32.1 Å². The fourth-order valence-corrected chi connectivity index (χ4v) is 6.48. The maximum absolute atomic E-state index is 13.7. The lowest BCUT2D eigenvalue weighted by molar-refractivity contribution is -0.195. The van der Waals surface area contributed by atoms with Crippen molar-refractivity contribution in [2.24, 2.45) is 5.92 Å². The van der Waals surface area contributed by atoms with Gasteiger partial charge in [0.05, 0.1) is 25.7 Å². The predicted molar refractivity (Wildman–Crippen MR) is 135 cm³/mol. The van der Waals surface area contributed by atoms with Gasteiger partial charge in [-0.2, -0.15) is 0 Å². The average molecular weight is 532 g/mol. The molecular weight excluding hydrogens is 494 g/mol. The third-order valence-electron chi connectivity index (χ3n) is 8.53. The number of hydrogen-bond acceptors (Lipinski definition) is 10. The van der Waals surface area contributed by atoms with Crippen molar-refractivity contribution in [3.8, 4) is 11.5 Å². The molecule has 10 heteroatoms. The van der Waals surface area contributed by atoms with Crippen molar-refractivity contribution in [3.05, 3.63) is 35.1 Å². The first-order chi connectivity index (χ1) is 18.1. The summed E-state index contributed by atoms with van der Waals surface area (Å²) in [6, 6.07) is 3.96. The first kappa shape index (κ1) is 26.8. The fourth-order valence-electron chi connectivity index (χ4n) is 6.48. The van der Waals surface area contributed by atoms with Gasteiger partial charge in [-0.1, -0.05) is 13.8 Å². The third-order valence-corrected chi connectivity index (χ3v) is 8.53. The lowest BCUT2D eigenvalue weighted by Gasteiger charge is -2.40. The molecule has 3 aliphatic heterocycles. The maximum atomic E-state index is 13.7. The molecule has 0 aromatic heterocycles. The zero-order chi connectivity index (χ0) is 27.2. The lowest BCUT2D eigenvalue weighted by Crippen LogP contribution is -2.56. The Morgan fingerprint density at radius 1 is 1.21 bits per heavy atom. The van der Waals surface area contributed by atoms with Crippen molar-refractivity contribution in [1.82, 2.24) is 4.90 Å². The second kappa shape index (κ2) is 10.1. The summed E-state index contributed by atoms with van der Waals surface area (Å²) in [5, 5.41) is 22.1. The van der Waals surface area contributed by atoms with Crippen molar-refractivity contribution < 1.29 is 43.5 Å². The second-order valence-corrected chi connectivity index (χ2v) is 11.1. The summed E-state index contributed by atoms with van der Waals surface area (Å²) in [6.45, 7) is 5.70. The minimum atomic E-state index is -2.48. The molecule has 0 amide bonds. The normalized spacial score (nSPS) is 27.9. The van der Waals surface area contributed by atoms with Crippen LogP contribution in [0, 0.1) is 5.92 Å². The van der Waals surface area contributed by atoms with E-state index in [1.54, 1.807) is 0 Å². The van der Waals surface area contributed by atoms with Crippen LogP contribution in [-0.2, 0) is 30.2 Å². The predicted octanol–water partition coefficient (Wildman–Crippen LogP) is 2.05. The SMILES string of the molecule is COC(=O)[C@H](O)[C@@](O)(CCC(C)C)C(=O)O[C@H]1C(OC)=C[C@]23CCCN2CCc2cc4c(cc2[C@@H]13)OCO4. The molecule has 0 unspecified atom stereocenters. The van der Waals surface area contributed by atoms with Crippen LogP contribution in [0.4, 0.5) is 0 Å². The second-order valence-electron chi connectivity index (χ2n) is 11.1. The molecule has 208 valence electrons. The van der Waals surface area contributed by atoms with Crippen LogP contribution in [0.5, 0.6) is 11.5 Å². The Balaban J connectivity index is 1.56. The number of ether oxygens (including phenoxy) is 5. The zero-order valence-corrected chi connectivity index (χ0v) is 22.4. The van der Waals surface area contributed by atoms with E-state index in [9.17, 15) is 19.8 Å². The molecule has 0 bridgehead atoms. The van der Waals surface area contributed by atoms with Crippen molar-refractivity contribution >= 4 is 11.9 Å².